The number of carbonyl (C=O) groups excluding carboxylic acids is 1. The van der Waals surface area contributed by atoms with E-state index in [0.29, 0.717) is 10.8 Å². The standard InChI is InChI=1S/C22H25ClN4O2/c1-14-9-21(29-4)19(23)11-18(14)20-13-26-6-5-17(10-22(26)24-20)25-7-8-27(16(3)28)15(2)12-25/h5-6,9-11,13,15H,7-8,12H2,1-4H3. The number of aromatic nitrogens is 2. The average Bonchev–Trinajstić information content (AvgIpc) is 3.12. The van der Waals surface area contributed by atoms with Gasteiger partial charge in [-0.15, -0.1) is 0 Å². The van der Waals surface area contributed by atoms with Crippen molar-refractivity contribution in [1.82, 2.24) is 14.3 Å². The number of ether oxygens (including phenoxy) is 1. The van der Waals surface area contributed by atoms with Crippen LogP contribution in [0.15, 0.2) is 36.7 Å². The molecular formula is C22H25ClN4O2. The molecule has 29 heavy (non-hydrogen) atoms. The second-order valence-corrected chi connectivity index (χ2v) is 7.99. The number of methoxy groups -OCH3 is 1. The van der Waals surface area contributed by atoms with Crippen LogP contribution < -0.4 is 9.64 Å². The number of pyridine rings is 1. The highest BCUT2D eigenvalue weighted by Gasteiger charge is 2.25. The Morgan fingerprint density at radius 3 is 2.76 bits per heavy atom. The summed E-state index contributed by atoms with van der Waals surface area (Å²) in [6.45, 7) is 8.13. The molecular weight excluding hydrogens is 388 g/mol. The van der Waals surface area contributed by atoms with Gasteiger partial charge in [0.1, 0.15) is 11.4 Å². The van der Waals surface area contributed by atoms with Crippen LogP contribution in [0, 0.1) is 6.92 Å². The van der Waals surface area contributed by atoms with Gasteiger partial charge in [0.15, 0.2) is 0 Å². The lowest BCUT2D eigenvalue weighted by Gasteiger charge is -2.40. The summed E-state index contributed by atoms with van der Waals surface area (Å²) in [6, 6.07) is 8.23. The van der Waals surface area contributed by atoms with E-state index in [1.165, 1.54) is 0 Å². The van der Waals surface area contributed by atoms with Crippen LogP contribution in [0.1, 0.15) is 19.4 Å². The maximum absolute atomic E-state index is 11.7. The minimum atomic E-state index is 0.138. The molecule has 4 rings (SSSR count). The van der Waals surface area contributed by atoms with Crippen molar-refractivity contribution >= 4 is 28.8 Å². The number of anilines is 1. The van der Waals surface area contributed by atoms with E-state index in [2.05, 4.69) is 24.0 Å². The first-order chi connectivity index (χ1) is 13.9. The van der Waals surface area contributed by atoms with Crippen molar-refractivity contribution in [3.05, 3.63) is 47.2 Å². The minimum absolute atomic E-state index is 0.138. The molecule has 0 bridgehead atoms. The number of hydrogen-bond acceptors (Lipinski definition) is 4. The molecule has 7 heteroatoms. The van der Waals surface area contributed by atoms with E-state index in [4.69, 9.17) is 21.3 Å². The summed E-state index contributed by atoms with van der Waals surface area (Å²) < 4.78 is 7.32. The number of nitrogens with zero attached hydrogens (tertiary/aromatic N) is 4. The van der Waals surface area contributed by atoms with E-state index in [0.717, 1.165) is 47.8 Å². The highest BCUT2D eigenvalue weighted by atomic mass is 35.5. The normalized spacial score (nSPS) is 17.1. The molecule has 1 atom stereocenters. The number of imidazole rings is 1. The fourth-order valence-electron chi connectivity index (χ4n) is 4.04. The highest BCUT2D eigenvalue weighted by Crippen LogP contribution is 2.33. The summed E-state index contributed by atoms with van der Waals surface area (Å²) >= 11 is 6.33. The molecule has 1 aliphatic rings. The maximum Gasteiger partial charge on any atom is 0.219 e. The van der Waals surface area contributed by atoms with Crippen molar-refractivity contribution in [2.75, 3.05) is 31.6 Å². The van der Waals surface area contributed by atoms with E-state index >= 15 is 0 Å². The molecule has 1 aliphatic heterocycles. The van der Waals surface area contributed by atoms with Gasteiger partial charge in [0.2, 0.25) is 5.91 Å². The predicted molar refractivity (Wildman–Crippen MR) is 116 cm³/mol. The van der Waals surface area contributed by atoms with E-state index in [-0.39, 0.29) is 11.9 Å². The van der Waals surface area contributed by atoms with Crippen LogP contribution in [0.4, 0.5) is 5.69 Å². The van der Waals surface area contributed by atoms with Crippen molar-refractivity contribution in [3.63, 3.8) is 0 Å². The van der Waals surface area contributed by atoms with Gasteiger partial charge in [-0.1, -0.05) is 11.6 Å². The van der Waals surface area contributed by atoms with E-state index < -0.39 is 0 Å². The molecule has 3 aromatic rings. The van der Waals surface area contributed by atoms with Crippen LogP contribution in [0.5, 0.6) is 5.75 Å². The zero-order chi connectivity index (χ0) is 20.7. The lowest BCUT2D eigenvalue weighted by molar-refractivity contribution is -0.131. The molecule has 152 valence electrons. The molecule has 3 heterocycles. The van der Waals surface area contributed by atoms with Crippen LogP contribution >= 0.6 is 11.6 Å². The molecule has 1 unspecified atom stereocenters. The summed E-state index contributed by atoms with van der Waals surface area (Å²) in [5.74, 6) is 0.803. The third-order valence-electron chi connectivity index (χ3n) is 5.62. The minimum Gasteiger partial charge on any atom is -0.495 e. The van der Waals surface area contributed by atoms with Crippen molar-refractivity contribution in [3.8, 4) is 17.0 Å². The molecule has 0 aliphatic carbocycles. The Labute approximate surface area is 175 Å². The van der Waals surface area contributed by atoms with Gasteiger partial charge in [0.25, 0.3) is 0 Å². The molecule has 0 radical (unpaired) electrons. The fraction of sp³-hybridized carbons (Fsp3) is 0.364. The van der Waals surface area contributed by atoms with Crippen LogP contribution in [0.2, 0.25) is 5.02 Å². The molecule has 0 N–H and O–H groups in total. The number of benzene rings is 1. The maximum atomic E-state index is 11.7. The van der Waals surface area contributed by atoms with Gasteiger partial charge in [0, 0.05) is 62.3 Å². The van der Waals surface area contributed by atoms with Gasteiger partial charge in [-0.3, -0.25) is 4.79 Å². The Morgan fingerprint density at radius 1 is 1.28 bits per heavy atom. The van der Waals surface area contributed by atoms with Crippen molar-refractivity contribution in [2.24, 2.45) is 0 Å². The topological polar surface area (TPSA) is 50.1 Å². The van der Waals surface area contributed by atoms with Gasteiger partial charge in [-0.25, -0.2) is 4.98 Å². The van der Waals surface area contributed by atoms with Crippen LogP contribution in [0.25, 0.3) is 16.9 Å². The SMILES string of the molecule is COc1cc(C)c(-c2cn3ccc(N4CCN(C(C)=O)C(C)C4)cc3n2)cc1Cl. The highest BCUT2D eigenvalue weighted by molar-refractivity contribution is 6.32. The smallest absolute Gasteiger partial charge is 0.219 e. The molecule has 1 amide bonds. The number of halogens is 1. The first-order valence-electron chi connectivity index (χ1n) is 9.73. The van der Waals surface area contributed by atoms with Crippen molar-refractivity contribution in [1.29, 1.82) is 0 Å². The summed E-state index contributed by atoms with van der Waals surface area (Å²) in [5, 5.41) is 0.572. The summed E-state index contributed by atoms with van der Waals surface area (Å²) in [4.78, 5) is 20.8. The van der Waals surface area contributed by atoms with Gasteiger partial charge in [-0.05, 0) is 37.6 Å². The summed E-state index contributed by atoms with van der Waals surface area (Å²) in [5.41, 5.74) is 4.92. The van der Waals surface area contributed by atoms with Crippen LogP contribution in [-0.2, 0) is 4.79 Å². The zero-order valence-electron chi connectivity index (χ0n) is 17.1. The second-order valence-electron chi connectivity index (χ2n) is 7.59. The molecule has 0 saturated carbocycles. The third kappa shape index (κ3) is 3.65. The second kappa shape index (κ2) is 7.59. The Hall–Kier alpha value is -2.73. The Kier molecular flexibility index (Phi) is 5.13. The van der Waals surface area contributed by atoms with Gasteiger partial charge < -0.3 is 18.9 Å². The number of aryl methyl sites for hydroxylation is 1. The number of carbonyl (C=O) groups is 1. The van der Waals surface area contributed by atoms with Crippen molar-refractivity contribution in [2.45, 2.75) is 26.8 Å². The predicted octanol–water partition coefficient (Wildman–Crippen LogP) is 4.03. The zero-order valence-corrected chi connectivity index (χ0v) is 17.9. The third-order valence-corrected chi connectivity index (χ3v) is 5.91. The molecule has 6 nitrogen and oxygen atoms in total. The monoisotopic (exact) mass is 412 g/mol. The Morgan fingerprint density at radius 2 is 2.07 bits per heavy atom. The lowest BCUT2D eigenvalue weighted by atomic mass is 10.1. The molecule has 2 aromatic heterocycles. The number of hydrogen-bond donors (Lipinski definition) is 0. The van der Waals surface area contributed by atoms with E-state index in [1.807, 2.05) is 40.8 Å². The number of amides is 1. The average molecular weight is 413 g/mol. The first kappa shape index (κ1) is 19.6. The number of fused-ring (bicyclic) bond motifs is 1. The fourth-order valence-corrected chi connectivity index (χ4v) is 4.29. The van der Waals surface area contributed by atoms with E-state index in [9.17, 15) is 4.79 Å². The first-order valence-corrected chi connectivity index (χ1v) is 10.1. The summed E-state index contributed by atoms with van der Waals surface area (Å²) in [7, 11) is 1.61. The van der Waals surface area contributed by atoms with Crippen LogP contribution in [0.3, 0.4) is 0 Å². The molecule has 0 spiro atoms. The summed E-state index contributed by atoms with van der Waals surface area (Å²) in [6.07, 6.45) is 4.05. The van der Waals surface area contributed by atoms with Crippen molar-refractivity contribution < 1.29 is 9.53 Å². The number of rotatable bonds is 3. The van der Waals surface area contributed by atoms with E-state index in [1.54, 1.807) is 14.0 Å². The largest absolute Gasteiger partial charge is 0.495 e. The van der Waals surface area contributed by atoms with Gasteiger partial charge >= 0.3 is 0 Å². The Balaban J connectivity index is 1.64. The lowest BCUT2D eigenvalue weighted by Crippen LogP contribution is -2.53. The molecule has 1 aromatic carbocycles. The number of piperazine rings is 1. The van der Waals surface area contributed by atoms with Crippen LogP contribution in [-0.4, -0.2) is 53.0 Å². The van der Waals surface area contributed by atoms with Gasteiger partial charge in [-0.2, -0.15) is 0 Å². The Bertz CT molecular complexity index is 1080. The van der Waals surface area contributed by atoms with Gasteiger partial charge in [0.05, 0.1) is 17.8 Å². The quantitative estimate of drug-likeness (QED) is 0.651. The molecule has 1 fully saturated rings. The molecule has 1 saturated heterocycles.